The molecule has 0 aliphatic carbocycles. The summed E-state index contributed by atoms with van der Waals surface area (Å²) in [7, 11) is 0. The van der Waals surface area contributed by atoms with Gasteiger partial charge in [-0.1, -0.05) is 43.3 Å². The van der Waals surface area contributed by atoms with Crippen LogP contribution in [0, 0.1) is 19.8 Å². The van der Waals surface area contributed by atoms with Gasteiger partial charge in [-0.25, -0.2) is 4.68 Å². The van der Waals surface area contributed by atoms with E-state index in [1.165, 1.54) is 0 Å². The van der Waals surface area contributed by atoms with E-state index in [0.29, 0.717) is 29.2 Å². The zero-order valence-electron chi connectivity index (χ0n) is 21.2. The van der Waals surface area contributed by atoms with E-state index in [-0.39, 0.29) is 18.4 Å². The standard InChI is InChI=1S/C28H32N6O2/c1-19(2)12-17-30-28(36)27(22-13-15-29-16-14-22)34(24-11-7-8-20(3)21(24)4)26(35)18-33-25-10-6-5-9-23(25)31-32-33/h5-11,13-16,19,27H,12,17-18H2,1-4H3,(H,30,36)/t27-/m1/s1. The lowest BCUT2D eigenvalue weighted by molar-refractivity contribution is -0.127. The molecule has 8 heteroatoms. The molecule has 2 amide bonds. The number of fused-ring (bicyclic) bond motifs is 1. The molecule has 1 N–H and O–H groups in total. The summed E-state index contributed by atoms with van der Waals surface area (Å²) in [5.41, 5.74) is 4.80. The Kier molecular flexibility index (Phi) is 7.73. The highest BCUT2D eigenvalue weighted by Gasteiger charge is 2.34. The van der Waals surface area contributed by atoms with Gasteiger partial charge in [0.15, 0.2) is 0 Å². The van der Waals surface area contributed by atoms with Gasteiger partial charge in [0, 0.05) is 24.6 Å². The lowest BCUT2D eigenvalue weighted by Crippen LogP contribution is -2.46. The quantitative estimate of drug-likeness (QED) is 0.381. The Labute approximate surface area is 211 Å². The third-order valence-electron chi connectivity index (χ3n) is 6.36. The van der Waals surface area contributed by atoms with Crippen molar-refractivity contribution < 1.29 is 9.59 Å². The molecule has 4 rings (SSSR count). The van der Waals surface area contributed by atoms with Crippen LogP contribution in [0.1, 0.15) is 43.0 Å². The molecular formula is C28H32N6O2. The van der Waals surface area contributed by atoms with Crippen molar-refractivity contribution in [2.45, 2.75) is 46.7 Å². The number of rotatable bonds is 9. The van der Waals surface area contributed by atoms with Crippen LogP contribution in [-0.4, -0.2) is 38.3 Å². The number of nitrogens with zero attached hydrogens (tertiary/aromatic N) is 5. The van der Waals surface area contributed by atoms with Crippen LogP contribution in [0.3, 0.4) is 0 Å². The van der Waals surface area contributed by atoms with E-state index in [1.807, 2.05) is 56.3 Å². The van der Waals surface area contributed by atoms with Crippen molar-refractivity contribution in [1.82, 2.24) is 25.3 Å². The minimum atomic E-state index is -0.872. The predicted octanol–water partition coefficient (Wildman–Crippen LogP) is 4.38. The molecule has 2 aromatic heterocycles. The molecule has 1 atom stereocenters. The third kappa shape index (κ3) is 5.43. The van der Waals surface area contributed by atoms with Gasteiger partial charge in [0.1, 0.15) is 18.1 Å². The molecule has 36 heavy (non-hydrogen) atoms. The summed E-state index contributed by atoms with van der Waals surface area (Å²) < 4.78 is 1.58. The van der Waals surface area contributed by atoms with Crippen LogP contribution in [0.15, 0.2) is 67.0 Å². The van der Waals surface area contributed by atoms with E-state index >= 15 is 0 Å². The van der Waals surface area contributed by atoms with Crippen molar-refractivity contribution in [3.05, 3.63) is 83.7 Å². The van der Waals surface area contributed by atoms with E-state index in [1.54, 1.807) is 34.1 Å². The Bertz CT molecular complexity index is 1350. The highest BCUT2D eigenvalue weighted by atomic mass is 16.2. The fourth-order valence-electron chi connectivity index (χ4n) is 4.20. The number of anilines is 1. The number of amides is 2. The summed E-state index contributed by atoms with van der Waals surface area (Å²) in [6.45, 7) is 8.66. The maximum absolute atomic E-state index is 14.1. The van der Waals surface area contributed by atoms with Gasteiger partial charge in [-0.15, -0.1) is 5.10 Å². The smallest absolute Gasteiger partial charge is 0.249 e. The molecule has 8 nitrogen and oxygen atoms in total. The lowest BCUT2D eigenvalue weighted by Gasteiger charge is -2.33. The molecule has 0 fully saturated rings. The minimum Gasteiger partial charge on any atom is -0.354 e. The Hall–Kier alpha value is -4.07. The normalized spacial score (nSPS) is 12.0. The zero-order chi connectivity index (χ0) is 25.7. The maximum Gasteiger partial charge on any atom is 0.249 e. The van der Waals surface area contributed by atoms with E-state index < -0.39 is 6.04 Å². The number of aryl methyl sites for hydroxylation is 1. The van der Waals surface area contributed by atoms with Gasteiger partial charge in [0.05, 0.1) is 5.52 Å². The van der Waals surface area contributed by atoms with Crippen LogP contribution >= 0.6 is 0 Å². The first kappa shape index (κ1) is 25.0. The van der Waals surface area contributed by atoms with Crippen molar-refractivity contribution >= 4 is 28.5 Å². The number of pyridine rings is 1. The van der Waals surface area contributed by atoms with Crippen molar-refractivity contribution in [2.24, 2.45) is 5.92 Å². The Balaban J connectivity index is 1.79. The number of hydrogen-bond acceptors (Lipinski definition) is 5. The van der Waals surface area contributed by atoms with Gasteiger partial charge < -0.3 is 5.32 Å². The second-order valence-corrected chi connectivity index (χ2v) is 9.38. The van der Waals surface area contributed by atoms with Gasteiger partial charge in [-0.3, -0.25) is 19.5 Å². The van der Waals surface area contributed by atoms with E-state index in [0.717, 1.165) is 23.1 Å². The number of nitrogens with one attached hydrogen (secondary N) is 1. The van der Waals surface area contributed by atoms with Crippen molar-refractivity contribution in [1.29, 1.82) is 0 Å². The average Bonchev–Trinajstić information content (AvgIpc) is 3.27. The Morgan fingerprint density at radius 2 is 1.75 bits per heavy atom. The first-order valence-electron chi connectivity index (χ1n) is 12.2. The number of benzene rings is 2. The van der Waals surface area contributed by atoms with Crippen molar-refractivity contribution in [2.75, 3.05) is 11.4 Å². The van der Waals surface area contributed by atoms with Crippen molar-refractivity contribution in [3.63, 3.8) is 0 Å². The summed E-state index contributed by atoms with van der Waals surface area (Å²) in [5.74, 6) is -0.0539. The highest BCUT2D eigenvalue weighted by Crippen LogP contribution is 2.32. The second kappa shape index (κ2) is 11.1. The molecule has 0 unspecified atom stereocenters. The number of carbonyl (C=O) groups is 2. The molecule has 0 radical (unpaired) electrons. The molecule has 0 bridgehead atoms. The molecule has 4 aromatic rings. The minimum absolute atomic E-state index is 0.0608. The van der Waals surface area contributed by atoms with Crippen LogP contribution in [0.5, 0.6) is 0 Å². The molecule has 2 aromatic carbocycles. The van der Waals surface area contributed by atoms with Gasteiger partial charge >= 0.3 is 0 Å². The zero-order valence-corrected chi connectivity index (χ0v) is 21.2. The molecule has 0 aliphatic heterocycles. The van der Waals surface area contributed by atoms with Gasteiger partial charge in [0.25, 0.3) is 0 Å². The molecule has 0 spiro atoms. The molecular weight excluding hydrogens is 452 g/mol. The topological polar surface area (TPSA) is 93.0 Å². The first-order valence-corrected chi connectivity index (χ1v) is 12.2. The first-order chi connectivity index (χ1) is 17.4. The van der Waals surface area contributed by atoms with Gasteiger partial charge in [-0.2, -0.15) is 0 Å². The van der Waals surface area contributed by atoms with Gasteiger partial charge in [-0.05, 0) is 73.2 Å². The van der Waals surface area contributed by atoms with E-state index in [4.69, 9.17) is 0 Å². The number of hydrogen-bond donors (Lipinski definition) is 1. The van der Waals surface area contributed by atoms with Crippen LogP contribution in [0.25, 0.3) is 11.0 Å². The molecule has 186 valence electrons. The van der Waals surface area contributed by atoms with Crippen LogP contribution < -0.4 is 10.2 Å². The Morgan fingerprint density at radius 1 is 1.00 bits per heavy atom. The highest BCUT2D eigenvalue weighted by molar-refractivity contribution is 6.02. The maximum atomic E-state index is 14.1. The van der Waals surface area contributed by atoms with Crippen molar-refractivity contribution in [3.8, 4) is 0 Å². The molecule has 0 saturated carbocycles. The predicted molar refractivity (Wildman–Crippen MR) is 140 cm³/mol. The monoisotopic (exact) mass is 484 g/mol. The summed E-state index contributed by atoms with van der Waals surface area (Å²) in [6, 6.07) is 16.0. The fraction of sp³-hybridized carbons (Fsp3) is 0.321. The van der Waals surface area contributed by atoms with Crippen LogP contribution in [-0.2, 0) is 16.1 Å². The number of aromatic nitrogens is 4. The summed E-state index contributed by atoms with van der Waals surface area (Å²) in [6.07, 6.45) is 4.12. The lowest BCUT2D eigenvalue weighted by atomic mass is 10.0. The third-order valence-corrected chi connectivity index (χ3v) is 6.36. The number of carbonyl (C=O) groups excluding carboxylic acids is 2. The average molecular weight is 485 g/mol. The summed E-state index contributed by atoms with van der Waals surface area (Å²) in [5, 5.41) is 11.4. The van der Waals surface area contributed by atoms with Crippen LogP contribution in [0.2, 0.25) is 0 Å². The van der Waals surface area contributed by atoms with E-state index in [2.05, 4.69) is 34.5 Å². The Morgan fingerprint density at radius 3 is 2.50 bits per heavy atom. The fourth-order valence-corrected chi connectivity index (χ4v) is 4.20. The largest absolute Gasteiger partial charge is 0.354 e. The summed E-state index contributed by atoms with van der Waals surface area (Å²) >= 11 is 0. The van der Waals surface area contributed by atoms with E-state index in [9.17, 15) is 9.59 Å². The van der Waals surface area contributed by atoms with Gasteiger partial charge in [0.2, 0.25) is 11.8 Å². The summed E-state index contributed by atoms with van der Waals surface area (Å²) in [4.78, 5) is 33.5. The van der Waals surface area contributed by atoms with Crippen LogP contribution in [0.4, 0.5) is 5.69 Å². The molecule has 2 heterocycles. The second-order valence-electron chi connectivity index (χ2n) is 9.38. The SMILES string of the molecule is Cc1cccc(N(C(=O)Cn2nnc3ccccc32)[C@@H](C(=O)NCCC(C)C)c2ccncc2)c1C. The molecule has 0 saturated heterocycles. The molecule has 0 aliphatic rings. The number of para-hydroxylation sites is 1.